The lowest BCUT2D eigenvalue weighted by Crippen LogP contribution is -2.08. The number of nitrogens with zero attached hydrogens (tertiary/aromatic N) is 1. The highest BCUT2D eigenvalue weighted by Gasteiger charge is 2.02. The summed E-state index contributed by atoms with van der Waals surface area (Å²) in [5, 5.41) is 0. The van der Waals surface area contributed by atoms with Crippen LogP contribution in [-0.2, 0) is 0 Å². The molecule has 0 bridgehead atoms. The van der Waals surface area contributed by atoms with Crippen LogP contribution < -0.4 is 10.5 Å². The van der Waals surface area contributed by atoms with Crippen LogP contribution in [0.5, 0.6) is 5.75 Å². The molecule has 13 heavy (non-hydrogen) atoms. The van der Waals surface area contributed by atoms with Crippen LogP contribution in [0, 0.1) is 5.92 Å². The van der Waals surface area contributed by atoms with Gasteiger partial charge in [0.2, 0.25) is 0 Å². The fourth-order valence-corrected chi connectivity index (χ4v) is 0.875. The van der Waals surface area contributed by atoms with E-state index >= 15 is 0 Å². The molecule has 0 aromatic carbocycles. The van der Waals surface area contributed by atoms with Crippen molar-refractivity contribution >= 4 is 5.82 Å². The molecular weight excluding hydrogens is 164 g/mol. The third kappa shape index (κ3) is 2.93. The molecule has 3 heteroatoms. The SMILES string of the molecule is CCC(C)COc1cccnc1N. The van der Waals surface area contributed by atoms with Crippen LogP contribution in [0.15, 0.2) is 18.3 Å². The number of pyridine rings is 1. The predicted molar refractivity (Wildman–Crippen MR) is 53.6 cm³/mol. The molecule has 1 aromatic rings. The van der Waals surface area contributed by atoms with Gasteiger partial charge in [0.15, 0.2) is 11.6 Å². The molecular formula is C10H16N2O. The first-order valence-electron chi connectivity index (χ1n) is 4.57. The molecule has 0 saturated carbocycles. The van der Waals surface area contributed by atoms with Crippen LogP contribution in [0.3, 0.4) is 0 Å². The third-order valence-electron chi connectivity index (χ3n) is 2.02. The Morgan fingerprint density at radius 3 is 3.00 bits per heavy atom. The van der Waals surface area contributed by atoms with Crippen molar-refractivity contribution in [1.82, 2.24) is 4.98 Å². The van der Waals surface area contributed by atoms with Crippen molar-refractivity contribution in [2.75, 3.05) is 12.3 Å². The summed E-state index contributed by atoms with van der Waals surface area (Å²) >= 11 is 0. The van der Waals surface area contributed by atoms with Crippen molar-refractivity contribution in [3.8, 4) is 5.75 Å². The van der Waals surface area contributed by atoms with E-state index in [1.165, 1.54) is 0 Å². The number of anilines is 1. The fraction of sp³-hybridized carbons (Fsp3) is 0.500. The number of rotatable bonds is 4. The van der Waals surface area contributed by atoms with Gasteiger partial charge >= 0.3 is 0 Å². The summed E-state index contributed by atoms with van der Waals surface area (Å²) in [5.41, 5.74) is 5.61. The molecule has 0 fully saturated rings. The summed E-state index contributed by atoms with van der Waals surface area (Å²) in [6.07, 6.45) is 2.77. The Kier molecular flexibility index (Phi) is 3.55. The molecule has 1 rings (SSSR count). The Morgan fingerprint density at radius 2 is 2.38 bits per heavy atom. The lowest BCUT2D eigenvalue weighted by Gasteiger charge is -2.11. The first-order chi connectivity index (χ1) is 6.24. The number of nitrogens with two attached hydrogens (primary N) is 1. The number of hydrogen-bond donors (Lipinski definition) is 1. The van der Waals surface area contributed by atoms with Crippen molar-refractivity contribution in [2.24, 2.45) is 5.92 Å². The van der Waals surface area contributed by atoms with Gasteiger partial charge in [0.1, 0.15) is 0 Å². The van der Waals surface area contributed by atoms with Gasteiger partial charge in [-0.15, -0.1) is 0 Å². The van der Waals surface area contributed by atoms with Crippen molar-refractivity contribution in [3.05, 3.63) is 18.3 Å². The molecule has 2 N–H and O–H groups in total. The quantitative estimate of drug-likeness (QED) is 0.771. The van der Waals surface area contributed by atoms with Crippen molar-refractivity contribution in [1.29, 1.82) is 0 Å². The minimum absolute atomic E-state index is 0.464. The summed E-state index contributed by atoms with van der Waals surface area (Å²) < 4.78 is 5.50. The fourth-order valence-electron chi connectivity index (χ4n) is 0.875. The van der Waals surface area contributed by atoms with Gasteiger partial charge in [0.25, 0.3) is 0 Å². The van der Waals surface area contributed by atoms with E-state index in [9.17, 15) is 0 Å². The zero-order valence-corrected chi connectivity index (χ0v) is 8.16. The van der Waals surface area contributed by atoms with E-state index in [1.807, 2.05) is 12.1 Å². The van der Waals surface area contributed by atoms with E-state index in [0.29, 0.717) is 24.1 Å². The third-order valence-corrected chi connectivity index (χ3v) is 2.02. The molecule has 0 amide bonds. The molecule has 0 aliphatic heterocycles. The Balaban J connectivity index is 2.50. The van der Waals surface area contributed by atoms with Crippen LogP contribution >= 0.6 is 0 Å². The van der Waals surface area contributed by atoms with Gasteiger partial charge < -0.3 is 10.5 Å². The summed E-state index contributed by atoms with van der Waals surface area (Å²) in [6.45, 7) is 4.99. The minimum atomic E-state index is 0.464. The van der Waals surface area contributed by atoms with Crippen LogP contribution in [0.4, 0.5) is 5.82 Å². The number of hydrogen-bond acceptors (Lipinski definition) is 3. The molecule has 0 aliphatic carbocycles. The van der Waals surface area contributed by atoms with Gasteiger partial charge in [-0.25, -0.2) is 4.98 Å². The molecule has 72 valence electrons. The van der Waals surface area contributed by atoms with E-state index in [-0.39, 0.29) is 0 Å². The molecule has 0 radical (unpaired) electrons. The second-order valence-electron chi connectivity index (χ2n) is 3.21. The van der Waals surface area contributed by atoms with E-state index in [0.717, 1.165) is 6.42 Å². The molecule has 0 spiro atoms. The standard InChI is InChI=1S/C10H16N2O/c1-3-8(2)7-13-9-5-4-6-12-10(9)11/h4-6,8H,3,7H2,1-2H3,(H2,11,12). The maximum absolute atomic E-state index is 5.61. The highest BCUT2D eigenvalue weighted by Crippen LogP contribution is 2.17. The highest BCUT2D eigenvalue weighted by atomic mass is 16.5. The van der Waals surface area contributed by atoms with Gasteiger partial charge in [-0.2, -0.15) is 0 Å². The van der Waals surface area contributed by atoms with Gasteiger partial charge in [0.05, 0.1) is 6.61 Å². The molecule has 1 heterocycles. The molecule has 3 nitrogen and oxygen atoms in total. The highest BCUT2D eigenvalue weighted by molar-refractivity contribution is 5.44. The second-order valence-corrected chi connectivity index (χ2v) is 3.21. The Bertz CT molecular complexity index is 263. The van der Waals surface area contributed by atoms with Crippen molar-refractivity contribution in [2.45, 2.75) is 20.3 Å². The molecule has 0 aliphatic rings. The number of aromatic nitrogens is 1. The van der Waals surface area contributed by atoms with Crippen molar-refractivity contribution < 1.29 is 4.74 Å². The average molecular weight is 180 g/mol. The van der Waals surface area contributed by atoms with Gasteiger partial charge in [0, 0.05) is 6.20 Å². The summed E-state index contributed by atoms with van der Waals surface area (Å²) in [6, 6.07) is 3.66. The van der Waals surface area contributed by atoms with E-state index in [4.69, 9.17) is 10.5 Å². The van der Waals surface area contributed by atoms with E-state index in [1.54, 1.807) is 6.20 Å². The maximum atomic E-state index is 5.61. The summed E-state index contributed by atoms with van der Waals surface area (Å²) in [4.78, 5) is 3.94. The topological polar surface area (TPSA) is 48.1 Å². The smallest absolute Gasteiger partial charge is 0.166 e. The van der Waals surface area contributed by atoms with Gasteiger partial charge in [-0.1, -0.05) is 20.3 Å². The second kappa shape index (κ2) is 4.70. The first-order valence-corrected chi connectivity index (χ1v) is 4.57. The van der Waals surface area contributed by atoms with Crippen LogP contribution in [-0.4, -0.2) is 11.6 Å². The van der Waals surface area contributed by atoms with Gasteiger partial charge in [-0.05, 0) is 18.1 Å². The lowest BCUT2D eigenvalue weighted by molar-refractivity contribution is 0.257. The average Bonchev–Trinajstić information content (AvgIpc) is 2.16. The Hall–Kier alpha value is -1.25. The Morgan fingerprint density at radius 1 is 1.62 bits per heavy atom. The minimum Gasteiger partial charge on any atom is -0.489 e. The number of nitrogen functional groups attached to an aromatic ring is 1. The maximum Gasteiger partial charge on any atom is 0.166 e. The van der Waals surface area contributed by atoms with E-state index in [2.05, 4.69) is 18.8 Å². The van der Waals surface area contributed by atoms with Gasteiger partial charge in [-0.3, -0.25) is 0 Å². The zero-order valence-electron chi connectivity index (χ0n) is 8.16. The lowest BCUT2D eigenvalue weighted by atomic mass is 10.1. The summed E-state index contributed by atoms with van der Waals surface area (Å²) in [7, 11) is 0. The molecule has 1 atom stereocenters. The van der Waals surface area contributed by atoms with E-state index < -0.39 is 0 Å². The normalized spacial score (nSPS) is 12.5. The van der Waals surface area contributed by atoms with Crippen LogP contribution in [0.25, 0.3) is 0 Å². The first kappa shape index (κ1) is 9.84. The molecule has 0 saturated heterocycles. The number of ether oxygens (including phenoxy) is 1. The largest absolute Gasteiger partial charge is 0.489 e. The predicted octanol–water partition coefficient (Wildman–Crippen LogP) is 2.09. The molecule has 1 unspecified atom stereocenters. The van der Waals surface area contributed by atoms with Crippen LogP contribution in [0.1, 0.15) is 20.3 Å². The zero-order chi connectivity index (χ0) is 9.68. The van der Waals surface area contributed by atoms with Crippen LogP contribution in [0.2, 0.25) is 0 Å². The molecule has 1 aromatic heterocycles. The monoisotopic (exact) mass is 180 g/mol. The van der Waals surface area contributed by atoms with Crippen molar-refractivity contribution in [3.63, 3.8) is 0 Å². The Labute approximate surface area is 78.9 Å². The summed E-state index contributed by atoms with van der Waals surface area (Å²) in [5.74, 6) is 1.70.